The number of piperidine rings is 1. The fourth-order valence-electron chi connectivity index (χ4n) is 5.52. The summed E-state index contributed by atoms with van der Waals surface area (Å²) in [4.78, 5) is 2.46. The third kappa shape index (κ3) is 8.26. The molecule has 0 aromatic heterocycles. The van der Waals surface area contributed by atoms with Crippen LogP contribution in [0.2, 0.25) is 0 Å². The van der Waals surface area contributed by atoms with E-state index in [9.17, 15) is 0 Å². The van der Waals surface area contributed by atoms with E-state index in [1.807, 2.05) is 38.2 Å². The van der Waals surface area contributed by atoms with E-state index >= 15 is 0 Å². The first-order valence-electron chi connectivity index (χ1n) is 14.4. The highest BCUT2D eigenvalue weighted by molar-refractivity contribution is 7.97. The fourth-order valence-corrected chi connectivity index (χ4v) is 7.06. The van der Waals surface area contributed by atoms with E-state index in [4.69, 9.17) is 9.47 Å². The van der Waals surface area contributed by atoms with Crippen molar-refractivity contribution in [1.29, 1.82) is 0 Å². The number of nitrogens with zero attached hydrogens (tertiary/aromatic N) is 1. The molecule has 5 rings (SSSR count). The lowest BCUT2D eigenvalue weighted by atomic mass is 9.88. The van der Waals surface area contributed by atoms with E-state index in [0.717, 1.165) is 69.1 Å². The normalized spacial score (nSPS) is 18.8. The average molecular weight is 579 g/mol. The molecule has 2 fully saturated rings. The van der Waals surface area contributed by atoms with Crippen LogP contribution in [0.4, 0.5) is 0 Å². The third-order valence-electron chi connectivity index (χ3n) is 7.63. The van der Waals surface area contributed by atoms with Crippen molar-refractivity contribution in [3.63, 3.8) is 0 Å². The van der Waals surface area contributed by atoms with Crippen LogP contribution in [0.3, 0.4) is 0 Å². The zero-order valence-corrected chi connectivity index (χ0v) is 25.3. The zero-order chi connectivity index (χ0) is 27.6. The average Bonchev–Trinajstić information content (AvgIpc) is 3.37. The van der Waals surface area contributed by atoms with Crippen LogP contribution < -0.4 is 20.1 Å². The van der Waals surface area contributed by atoms with Gasteiger partial charge in [-0.25, -0.2) is 4.31 Å². The molecule has 3 N–H and O–H groups in total. The SMILES string of the molecule is CNCc1ccc(-c2cccc(SN3CCC4(CC3)CC(NCCCOc3cccc(SNC)c3)CO4)c2)cc1. The molecule has 1 atom stereocenters. The van der Waals surface area contributed by atoms with Gasteiger partial charge in [-0.2, -0.15) is 0 Å². The summed E-state index contributed by atoms with van der Waals surface area (Å²) in [6.45, 7) is 5.49. The van der Waals surface area contributed by atoms with Crippen LogP contribution in [0.25, 0.3) is 11.1 Å². The molecule has 0 saturated carbocycles. The van der Waals surface area contributed by atoms with Gasteiger partial charge >= 0.3 is 0 Å². The summed E-state index contributed by atoms with van der Waals surface area (Å²) >= 11 is 3.48. The third-order valence-corrected chi connectivity index (χ3v) is 9.41. The molecule has 0 bridgehead atoms. The molecule has 2 aliphatic heterocycles. The highest BCUT2D eigenvalue weighted by Crippen LogP contribution is 2.39. The van der Waals surface area contributed by atoms with Crippen LogP contribution in [-0.2, 0) is 11.3 Å². The topological polar surface area (TPSA) is 57.8 Å². The van der Waals surface area contributed by atoms with Crippen molar-refractivity contribution in [3.8, 4) is 16.9 Å². The van der Waals surface area contributed by atoms with Crippen LogP contribution >= 0.6 is 23.9 Å². The minimum atomic E-state index is 0.0353. The van der Waals surface area contributed by atoms with Gasteiger partial charge in [0.15, 0.2) is 0 Å². The number of ether oxygens (including phenoxy) is 2. The molecule has 1 spiro atoms. The van der Waals surface area contributed by atoms with Crippen molar-refractivity contribution < 1.29 is 9.47 Å². The van der Waals surface area contributed by atoms with Crippen LogP contribution in [0.5, 0.6) is 5.75 Å². The molecule has 3 aromatic rings. The van der Waals surface area contributed by atoms with Crippen molar-refractivity contribution in [3.05, 3.63) is 78.4 Å². The highest BCUT2D eigenvalue weighted by atomic mass is 32.2. The van der Waals surface area contributed by atoms with Gasteiger partial charge in [0.1, 0.15) is 5.75 Å². The van der Waals surface area contributed by atoms with Gasteiger partial charge in [-0.3, -0.25) is 4.72 Å². The first-order chi connectivity index (χ1) is 19.6. The van der Waals surface area contributed by atoms with Gasteiger partial charge in [-0.05, 0) is 117 Å². The Morgan fingerprint density at radius 1 is 0.950 bits per heavy atom. The molecule has 3 aromatic carbocycles. The molecule has 8 heteroatoms. The predicted octanol–water partition coefficient (Wildman–Crippen LogP) is 5.99. The Kier molecular flexibility index (Phi) is 10.8. The Balaban J connectivity index is 1.02. The second-order valence-corrected chi connectivity index (χ2v) is 12.9. The number of hydrogen-bond acceptors (Lipinski definition) is 8. The number of benzene rings is 3. The van der Waals surface area contributed by atoms with Gasteiger partial charge in [-0.15, -0.1) is 0 Å². The minimum absolute atomic E-state index is 0.0353. The van der Waals surface area contributed by atoms with Gasteiger partial charge in [0.25, 0.3) is 0 Å². The molecule has 214 valence electrons. The number of rotatable bonds is 13. The lowest BCUT2D eigenvalue weighted by molar-refractivity contribution is -0.0300. The highest BCUT2D eigenvalue weighted by Gasteiger charge is 2.42. The second-order valence-electron chi connectivity index (χ2n) is 10.6. The van der Waals surface area contributed by atoms with Crippen molar-refractivity contribution in [2.45, 2.75) is 53.7 Å². The Bertz CT molecular complexity index is 1200. The largest absolute Gasteiger partial charge is 0.494 e. The first-order valence-corrected chi connectivity index (χ1v) is 15.9. The van der Waals surface area contributed by atoms with Crippen LogP contribution in [0.15, 0.2) is 82.6 Å². The van der Waals surface area contributed by atoms with E-state index in [2.05, 4.69) is 80.3 Å². The Morgan fingerprint density at radius 2 is 1.75 bits per heavy atom. The standard InChI is InChI=1S/C32H42N4O2S2/c1-33-23-25-10-12-26(13-11-25)27-6-3-9-31(20-27)40-36-17-14-32(15-18-36)22-28(24-38-32)35-16-5-19-37-29-7-4-8-30(21-29)39-34-2/h3-4,6-13,20-21,28,33-35H,5,14-19,22-24H2,1-2H3. The first kappa shape index (κ1) is 29.5. The van der Waals surface area contributed by atoms with Gasteiger partial charge in [0, 0.05) is 35.5 Å². The minimum Gasteiger partial charge on any atom is -0.494 e. The molecule has 1 unspecified atom stereocenters. The molecule has 0 aliphatic carbocycles. The molecule has 0 amide bonds. The van der Waals surface area contributed by atoms with Crippen LogP contribution in [-0.4, -0.2) is 62.9 Å². The van der Waals surface area contributed by atoms with Gasteiger partial charge in [-0.1, -0.05) is 42.5 Å². The van der Waals surface area contributed by atoms with E-state index < -0.39 is 0 Å². The summed E-state index contributed by atoms with van der Waals surface area (Å²) in [6, 6.07) is 26.4. The maximum absolute atomic E-state index is 6.42. The van der Waals surface area contributed by atoms with Gasteiger partial charge in [0.05, 0.1) is 18.8 Å². The molecule has 40 heavy (non-hydrogen) atoms. The van der Waals surface area contributed by atoms with Crippen LogP contribution in [0.1, 0.15) is 31.2 Å². The molecule has 2 saturated heterocycles. The van der Waals surface area contributed by atoms with E-state index in [0.29, 0.717) is 12.6 Å². The van der Waals surface area contributed by atoms with Gasteiger partial charge in [0.2, 0.25) is 0 Å². The van der Waals surface area contributed by atoms with Gasteiger partial charge < -0.3 is 20.1 Å². The number of nitrogens with one attached hydrogen (secondary N) is 3. The summed E-state index contributed by atoms with van der Waals surface area (Å²) in [5, 5.41) is 6.93. The second kappa shape index (κ2) is 14.7. The molecular weight excluding hydrogens is 537 g/mol. The van der Waals surface area contributed by atoms with Crippen LogP contribution in [0, 0.1) is 0 Å². The molecule has 2 aliphatic rings. The fraction of sp³-hybridized carbons (Fsp3) is 0.438. The Hall–Kier alpha value is -2.04. The van der Waals surface area contributed by atoms with Crippen molar-refractivity contribution >= 4 is 23.9 Å². The van der Waals surface area contributed by atoms with Crippen molar-refractivity contribution in [1.82, 2.24) is 19.7 Å². The summed E-state index contributed by atoms with van der Waals surface area (Å²) < 4.78 is 18.0. The quantitative estimate of drug-likeness (QED) is 0.169. The number of hydrogen-bond donors (Lipinski definition) is 3. The summed E-state index contributed by atoms with van der Waals surface area (Å²) in [7, 11) is 3.91. The van der Waals surface area contributed by atoms with Crippen molar-refractivity contribution in [2.24, 2.45) is 0 Å². The van der Waals surface area contributed by atoms with E-state index in [-0.39, 0.29) is 5.60 Å². The van der Waals surface area contributed by atoms with Crippen molar-refractivity contribution in [2.75, 3.05) is 46.9 Å². The Morgan fingerprint density at radius 3 is 2.55 bits per heavy atom. The predicted molar refractivity (Wildman–Crippen MR) is 168 cm³/mol. The molecular formula is C32H42N4O2S2. The molecule has 6 nitrogen and oxygen atoms in total. The maximum atomic E-state index is 6.42. The zero-order valence-electron chi connectivity index (χ0n) is 23.7. The summed E-state index contributed by atoms with van der Waals surface area (Å²) in [5.41, 5.74) is 3.88. The molecule has 0 radical (unpaired) electrons. The monoisotopic (exact) mass is 578 g/mol. The summed E-state index contributed by atoms with van der Waals surface area (Å²) in [6.07, 6.45) is 4.27. The lowest BCUT2D eigenvalue weighted by Crippen LogP contribution is -2.42. The maximum Gasteiger partial charge on any atom is 0.120 e. The van der Waals surface area contributed by atoms with E-state index in [1.165, 1.54) is 21.6 Å². The Labute approximate surface area is 248 Å². The smallest absolute Gasteiger partial charge is 0.120 e. The van der Waals surface area contributed by atoms with E-state index in [1.54, 1.807) is 11.9 Å². The summed E-state index contributed by atoms with van der Waals surface area (Å²) in [5.74, 6) is 0.929. The lowest BCUT2D eigenvalue weighted by Gasteiger charge is -2.38. The molecule has 2 heterocycles.